The summed E-state index contributed by atoms with van der Waals surface area (Å²) in [5.74, 6) is -0.277. The van der Waals surface area contributed by atoms with E-state index >= 15 is 0 Å². The lowest BCUT2D eigenvalue weighted by molar-refractivity contribution is 0.0698. The number of rotatable bonds is 2. The minimum atomic E-state index is -0.980. The van der Waals surface area contributed by atoms with Crippen molar-refractivity contribution in [1.29, 1.82) is 0 Å². The highest BCUT2D eigenvalue weighted by Crippen LogP contribution is 2.30. The van der Waals surface area contributed by atoms with Crippen LogP contribution in [0.4, 0.5) is 0 Å². The van der Waals surface area contributed by atoms with Gasteiger partial charge in [-0.2, -0.15) is 0 Å². The third-order valence-electron chi connectivity index (χ3n) is 3.49. The molecule has 0 spiro atoms. The molecule has 0 saturated heterocycles. The predicted molar refractivity (Wildman–Crippen MR) is 82.5 cm³/mol. The van der Waals surface area contributed by atoms with Crippen LogP contribution in [0, 0.1) is 13.8 Å². The average molecular weight is 301 g/mol. The number of benzene rings is 2. The van der Waals surface area contributed by atoms with E-state index in [1.807, 2.05) is 30.5 Å². The molecule has 3 aromatic rings. The normalized spacial score (nSPS) is 11.0. The Hall–Kier alpha value is -2.33. The van der Waals surface area contributed by atoms with Crippen LogP contribution in [0.15, 0.2) is 36.4 Å². The van der Waals surface area contributed by atoms with E-state index in [2.05, 4.69) is 4.98 Å². The number of halogens is 1. The standard InChI is InChI=1S/C16H13ClN2O2/c1-9-5-3-7-12(17)14(9)19-10(2)18-13-8-4-6-11(15(13)19)16(20)21/h3-8H,1-2H3,(H,20,21). The lowest BCUT2D eigenvalue weighted by Gasteiger charge is -2.13. The van der Waals surface area contributed by atoms with Crippen molar-refractivity contribution in [2.24, 2.45) is 0 Å². The number of fused-ring (bicyclic) bond motifs is 1. The van der Waals surface area contributed by atoms with E-state index in [1.54, 1.807) is 24.3 Å². The lowest BCUT2D eigenvalue weighted by atomic mass is 10.1. The van der Waals surface area contributed by atoms with E-state index in [-0.39, 0.29) is 5.56 Å². The molecule has 1 N–H and O–H groups in total. The summed E-state index contributed by atoms with van der Waals surface area (Å²) in [7, 11) is 0. The zero-order valence-electron chi connectivity index (χ0n) is 11.6. The molecule has 0 radical (unpaired) electrons. The number of nitrogens with zero attached hydrogens (tertiary/aromatic N) is 2. The number of carbonyl (C=O) groups is 1. The third kappa shape index (κ3) is 2.08. The summed E-state index contributed by atoms with van der Waals surface area (Å²) in [5, 5.41) is 10.00. The minimum absolute atomic E-state index is 0.215. The first-order valence-corrected chi connectivity index (χ1v) is 6.85. The summed E-state index contributed by atoms with van der Waals surface area (Å²) in [5.41, 5.74) is 3.16. The molecule has 5 heteroatoms. The van der Waals surface area contributed by atoms with Crippen LogP contribution in [0.25, 0.3) is 16.7 Å². The topological polar surface area (TPSA) is 55.1 Å². The van der Waals surface area contributed by atoms with E-state index in [4.69, 9.17) is 11.6 Å². The zero-order chi connectivity index (χ0) is 15.1. The van der Waals surface area contributed by atoms with Crippen LogP contribution < -0.4 is 0 Å². The van der Waals surface area contributed by atoms with Gasteiger partial charge in [0.25, 0.3) is 0 Å². The molecule has 0 aliphatic rings. The Morgan fingerprint density at radius 2 is 1.90 bits per heavy atom. The first-order valence-electron chi connectivity index (χ1n) is 6.47. The van der Waals surface area contributed by atoms with E-state index in [0.29, 0.717) is 21.9 Å². The van der Waals surface area contributed by atoms with E-state index in [0.717, 1.165) is 11.3 Å². The van der Waals surface area contributed by atoms with Crippen LogP contribution in [0.2, 0.25) is 5.02 Å². The summed E-state index contributed by atoms with van der Waals surface area (Å²) in [6.07, 6.45) is 0. The number of carboxylic acid groups (broad SMARTS) is 1. The van der Waals surface area contributed by atoms with Gasteiger partial charge in [0.05, 0.1) is 27.3 Å². The highest BCUT2D eigenvalue weighted by molar-refractivity contribution is 6.32. The number of aromatic nitrogens is 2. The fourth-order valence-corrected chi connectivity index (χ4v) is 2.90. The molecule has 0 unspecified atom stereocenters. The van der Waals surface area contributed by atoms with Gasteiger partial charge in [0.1, 0.15) is 5.82 Å². The number of carboxylic acids is 1. The van der Waals surface area contributed by atoms with Gasteiger partial charge in [-0.1, -0.05) is 29.8 Å². The second kappa shape index (κ2) is 4.90. The van der Waals surface area contributed by atoms with Crippen LogP contribution in [-0.2, 0) is 0 Å². The Morgan fingerprint density at radius 3 is 2.57 bits per heavy atom. The summed E-state index contributed by atoms with van der Waals surface area (Å²) in [4.78, 5) is 16.0. The van der Waals surface area contributed by atoms with Crippen LogP contribution in [0.3, 0.4) is 0 Å². The molecule has 0 aliphatic heterocycles. The van der Waals surface area contributed by atoms with Gasteiger partial charge in [0.2, 0.25) is 0 Å². The maximum atomic E-state index is 11.5. The number of aryl methyl sites for hydroxylation is 2. The van der Waals surface area contributed by atoms with Crippen molar-refractivity contribution < 1.29 is 9.90 Å². The van der Waals surface area contributed by atoms with Gasteiger partial charge in [0.15, 0.2) is 0 Å². The number of hydrogen-bond acceptors (Lipinski definition) is 2. The summed E-state index contributed by atoms with van der Waals surface area (Å²) in [6.45, 7) is 3.78. The van der Waals surface area contributed by atoms with E-state index < -0.39 is 5.97 Å². The lowest BCUT2D eigenvalue weighted by Crippen LogP contribution is -2.05. The fraction of sp³-hybridized carbons (Fsp3) is 0.125. The van der Waals surface area contributed by atoms with Crippen LogP contribution in [0.1, 0.15) is 21.7 Å². The molecular weight excluding hydrogens is 288 g/mol. The second-order valence-electron chi connectivity index (χ2n) is 4.88. The number of imidazole rings is 1. The van der Waals surface area contributed by atoms with Crippen molar-refractivity contribution in [3.05, 3.63) is 58.4 Å². The van der Waals surface area contributed by atoms with E-state index in [9.17, 15) is 9.90 Å². The van der Waals surface area contributed by atoms with Gasteiger partial charge in [-0.3, -0.25) is 4.57 Å². The molecule has 1 heterocycles. The molecule has 2 aromatic carbocycles. The first kappa shape index (κ1) is 13.6. The Bertz CT molecular complexity index is 848. The van der Waals surface area contributed by atoms with Gasteiger partial charge >= 0.3 is 5.97 Å². The summed E-state index contributed by atoms with van der Waals surface area (Å²) < 4.78 is 1.82. The largest absolute Gasteiger partial charge is 0.478 e. The smallest absolute Gasteiger partial charge is 0.337 e. The number of hydrogen-bond donors (Lipinski definition) is 1. The Balaban J connectivity index is 2.48. The second-order valence-corrected chi connectivity index (χ2v) is 5.29. The molecule has 106 valence electrons. The molecule has 21 heavy (non-hydrogen) atoms. The van der Waals surface area contributed by atoms with Gasteiger partial charge in [0, 0.05) is 0 Å². The molecule has 3 rings (SSSR count). The average Bonchev–Trinajstić information content (AvgIpc) is 2.75. The highest BCUT2D eigenvalue weighted by atomic mass is 35.5. The minimum Gasteiger partial charge on any atom is -0.478 e. The summed E-state index contributed by atoms with van der Waals surface area (Å²) >= 11 is 6.33. The molecule has 0 aliphatic carbocycles. The first-order chi connectivity index (χ1) is 10.0. The van der Waals surface area contributed by atoms with Crippen molar-refractivity contribution >= 4 is 28.6 Å². The Kier molecular flexibility index (Phi) is 3.18. The molecule has 0 fully saturated rings. The highest BCUT2D eigenvalue weighted by Gasteiger charge is 2.19. The van der Waals surface area contributed by atoms with Gasteiger partial charge in [-0.05, 0) is 37.6 Å². The summed E-state index contributed by atoms with van der Waals surface area (Å²) in [6, 6.07) is 10.7. The third-order valence-corrected chi connectivity index (χ3v) is 3.79. The van der Waals surface area contributed by atoms with Crippen LogP contribution in [-0.4, -0.2) is 20.6 Å². The van der Waals surface area contributed by atoms with Gasteiger partial charge in [-0.15, -0.1) is 0 Å². The van der Waals surface area contributed by atoms with Crippen LogP contribution in [0.5, 0.6) is 0 Å². The molecular formula is C16H13ClN2O2. The van der Waals surface area contributed by atoms with Gasteiger partial charge in [-0.25, -0.2) is 9.78 Å². The maximum Gasteiger partial charge on any atom is 0.337 e. The van der Waals surface area contributed by atoms with Crippen molar-refractivity contribution in [3.63, 3.8) is 0 Å². The molecule has 0 amide bonds. The number of para-hydroxylation sites is 2. The Labute approximate surface area is 126 Å². The van der Waals surface area contributed by atoms with Gasteiger partial charge < -0.3 is 5.11 Å². The quantitative estimate of drug-likeness (QED) is 0.778. The number of aromatic carboxylic acids is 1. The monoisotopic (exact) mass is 300 g/mol. The fourth-order valence-electron chi connectivity index (χ4n) is 2.60. The molecule has 1 aromatic heterocycles. The van der Waals surface area contributed by atoms with Crippen molar-refractivity contribution in [3.8, 4) is 5.69 Å². The van der Waals surface area contributed by atoms with Crippen LogP contribution >= 0.6 is 11.6 Å². The van der Waals surface area contributed by atoms with E-state index in [1.165, 1.54) is 0 Å². The van der Waals surface area contributed by atoms with Crippen molar-refractivity contribution in [1.82, 2.24) is 9.55 Å². The predicted octanol–water partition coefficient (Wildman–Crippen LogP) is 3.99. The zero-order valence-corrected chi connectivity index (χ0v) is 12.3. The molecule has 0 saturated carbocycles. The molecule has 4 nitrogen and oxygen atoms in total. The Morgan fingerprint density at radius 1 is 1.19 bits per heavy atom. The molecule has 0 atom stereocenters. The van der Waals surface area contributed by atoms with Crippen molar-refractivity contribution in [2.75, 3.05) is 0 Å². The van der Waals surface area contributed by atoms with Crippen molar-refractivity contribution in [2.45, 2.75) is 13.8 Å². The molecule has 0 bridgehead atoms. The maximum absolute atomic E-state index is 11.5. The SMILES string of the molecule is Cc1cccc(Cl)c1-n1c(C)nc2cccc(C(=O)O)c21.